The molecule has 104 valence electrons. The highest BCUT2D eigenvalue weighted by molar-refractivity contribution is 9.10. The largest absolute Gasteiger partial charge is 0.313 e. The van der Waals surface area contributed by atoms with E-state index >= 15 is 0 Å². The maximum absolute atomic E-state index is 11.3. The van der Waals surface area contributed by atoms with E-state index in [1.165, 1.54) is 0 Å². The highest BCUT2D eigenvalue weighted by Crippen LogP contribution is 2.29. The van der Waals surface area contributed by atoms with Gasteiger partial charge >= 0.3 is 0 Å². The van der Waals surface area contributed by atoms with E-state index in [4.69, 9.17) is 0 Å². The molecule has 3 heteroatoms. The lowest BCUT2D eigenvalue weighted by atomic mass is 10.1. The van der Waals surface area contributed by atoms with Gasteiger partial charge in [-0.1, -0.05) is 46.3 Å². The number of rotatable bonds is 3. The van der Waals surface area contributed by atoms with E-state index < -0.39 is 0 Å². The molecule has 0 N–H and O–H groups in total. The summed E-state index contributed by atoms with van der Waals surface area (Å²) in [5.74, 6) is 0. The van der Waals surface area contributed by atoms with Gasteiger partial charge in [-0.05, 0) is 42.8 Å². The Hall–Kier alpha value is -2.13. The van der Waals surface area contributed by atoms with Crippen molar-refractivity contribution in [2.75, 3.05) is 0 Å². The zero-order valence-electron chi connectivity index (χ0n) is 11.6. The molecule has 3 aromatic rings. The lowest BCUT2D eigenvalue weighted by Gasteiger charge is -2.12. The quantitative estimate of drug-likeness (QED) is 0.613. The molecule has 0 aliphatic rings. The number of carbonyl (C=O) groups excluding carboxylic acids is 1. The van der Waals surface area contributed by atoms with Gasteiger partial charge in [-0.2, -0.15) is 0 Å². The number of halogens is 1. The average Bonchev–Trinajstić information content (AvgIpc) is 2.86. The first-order valence-corrected chi connectivity index (χ1v) is 7.49. The Balaban J connectivity index is 2.25. The maximum atomic E-state index is 11.3. The van der Waals surface area contributed by atoms with Crippen molar-refractivity contribution >= 4 is 22.2 Å². The minimum absolute atomic E-state index is 0.719. The molecular formula is C18H14BrNO. The highest BCUT2D eigenvalue weighted by atomic mass is 79.9. The second-order valence-electron chi connectivity index (χ2n) is 4.87. The van der Waals surface area contributed by atoms with Gasteiger partial charge in [-0.3, -0.25) is 4.79 Å². The monoisotopic (exact) mass is 339 g/mol. The standard InChI is InChI=1S/C18H14BrNO/c1-13-15(12-21)11-18(14-5-3-2-4-6-14)20(13)17-9-7-16(19)8-10-17/h2-12H,1H3. The molecule has 0 unspecified atom stereocenters. The van der Waals surface area contributed by atoms with Crippen LogP contribution in [0.25, 0.3) is 16.9 Å². The Morgan fingerprint density at radius 2 is 1.67 bits per heavy atom. The van der Waals surface area contributed by atoms with Crippen LogP contribution in [0.1, 0.15) is 16.1 Å². The number of nitrogens with zero attached hydrogens (tertiary/aromatic N) is 1. The minimum atomic E-state index is 0.719. The number of hydrogen-bond donors (Lipinski definition) is 0. The number of hydrogen-bond acceptors (Lipinski definition) is 1. The first-order valence-electron chi connectivity index (χ1n) is 6.69. The van der Waals surface area contributed by atoms with E-state index in [1.54, 1.807) is 0 Å². The third-order valence-electron chi connectivity index (χ3n) is 3.57. The van der Waals surface area contributed by atoms with E-state index in [0.717, 1.165) is 39.0 Å². The molecule has 0 saturated heterocycles. The van der Waals surface area contributed by atoms with Gasteiger partial charge in [0.2, 0.25) is 0 Å². The Kier molecular flexibility index (Phi) is 3.76. The van der Waals surface area contributed by atoms with Crippen molar-refractivity contribution in [3.63, 3.8) is 0 Å². The molecule has 0 aliphatic carbocycles. The van der Waals surface area contributed by atoms with E-state index in [0.29, 0.717) is 0 Å². The Bertz CT molecular complexity index is 773. The molecule has 0 bridgehead atoms. The first kappa shape index (κ1) is 13.8. The topological polar surface area (TPSA) is 22.0 Å². The minimum Gasteiger partial charge on any atom is -0.313 e. The SMILES string of the molecule is Cc1c(C=O)cc(-c2ccccc2)n1-c1ccc(Br)cc1. The van der Waals surface area contributed by atoms with Crippen LogP contribution in [0, 0.1) is 6.92 Å². The molecule has 1 aromatic heterocycles. The van der Waals surface area contributed by atoms with Gasteiger partial charge in [0.05, 0.1) is 5.69 Å². The molecule has 0 amide bonds. The molecule has 0 radical (unpaired) electrons. The van der Waals surface area contributed by atoms with Gasteiger partial charge in [0.15, 0.2) is 6.29 Å². The number of aromatic nitrogens is 1. The van der Waals surface area contributed by atoms with Crippen molar-refractivity contribution in [3.8, 4) is 16.9 Å². The molecule has 0 aliphatic heterocycles. The first-order chi connectivity index (χ1) is 10.2. The van der Waals surface area contributed by atoms with Gasteiger partial charge < -0.3 is 4.57 Å². The smallest absolute Gasteiger partial charge is 0.151 e. The molecule has 3 rings (SSSR count). The Morgan fingerprint density at radius 1 is 1.00 bits per heavy atom. The molecule has 0 fully saturated rings. The van der Waals surface area contributed by atoms with Crippen LogP contribution < -0.4 is 0 Å². The summed E-state index contributed by atoms with van der Waals surface area (Å²) in [6.07, 6.45) is 0.914. The molecule has 0 atom stereocenters. The van der Waals surface area contributed by atoms with Gasteiger partial charge in [0.1, 0.15) is 0 Å². The van der Waals surface area contributed by atoms with Crippen molar-refractivity contribution in [1.82, 2.24) is 4.57 Å². The van der Waals surface area contributed by atoms with Gasteiger partial charge in [-0.25, -0.2) is 0 Å². The summed E-state index contributed by atoms with van der Waals surface area (Å²) in [6, 6.07) is 20.1. The molecule has 0 saturated carbocycles. The molecule has 21 heavy (non-hydrogen) atoms. The van der Waals surface area contributed by atoms with Crippen LogP contribution in [0.2, 0.25) is 0 Å². The van der Waals surface area contributed by atoms with E-state index in [2.05, 4.69) is 32.6 Å². The van der Waals surface area contributed by atoms with Crippen molar-refractivity contribution < 1.29 is 4.79 Å². The van der Waals surface area contributed by atoms with Crippen molar-refractivity contribution in [2.24, 2.45) is 0 Å². The summed E-state index contributed by atoms with van der Waals surface area (Å²) in [6.45, 7) is 1.97. The van der Waals surface area contributed by atoms with Crippen molar-refractivity contribution in [3.05, 3.63) is 76.4 Å². The summed E-state index contributed by atoms with van der Waals surface area (Å²) in [5, 5.41) is 0. The summed E-state index contributed by atoms with van der Waals surface area (Å²) in [7, 11) is 0. The third-order valence-corrected chi connectivity index (χ3v) is 4.10. The molecule has 2 nitrogen and oxygen atoms in total. The Morgan fingerprint density at radius 3 is 2.29 bits per heavy atom. The van der Waals surface area contributed by atoms with Crippen LogP contribution in [-0.2, 0) is 0 Å². The fraction of sp³-hybridized carbons (Fsp3) is 0.0556. The van der Waals surface area contributed by atoms with E-state index in [-0.39, 0.29) is 0 Å². The zero-order chi connectivity index (χ0) is 14.8. The van der Waals surface area contributed by atoms with Crippen LogP contribution >= 0.6 is 15.9 Å². The molecule has 1 heterocycles. The maximum Gasteiger partial charge on any atom is 0.151 e. The number of benzene rings is 2. The molecule has 0 spiro atoms. The Labute approximate surface area is 132 Å². The highest BCUT2D eigenvalue weighted by Gasteiger charge is 2.14. The fourth-order valence-electron chi connectivity index (χ4n) is 2.49. The third kappa shape index (κ3) is 2.57. The molecule has 2 aromatic carbocycles. The predicted octanol–water partition coefficient (Wildman–Crippen LogP) is 5.03. The van der Waals surface area contributed by atoms with E-state index in [9.17, 15) is 4.79 Å². The summed E-state index contributed by atoms with van der Waals surface area (Å²) in [4.78, 5) is 11.3. The van der Waals surface area contributed by atoms with Gasteiger partial charge in [0, 0.05) is 21.4 Å². The lowest BCUT2D eigenvalue weighted by molar-refractivity contribution is 0.112. The van der Waals surface area contributed by atoms with Crippen molar-refractivity contribution in [2.45, 2.75) is 6.92 Å². The van der Waals surface area contributed by atoms with Crippen molar-refractivity contribution in [1.29, 1.82) is 0 Å². The second-order valence-corrected chi connectivity index (χ2v) is 5.78. The van der Waals surface area contributed by atoms with Crippen LogP contribution in [0.5, 0.6) is 0 Å². The summed E-state index contributed by atoms with van der Waals surface area (Å²) in [5.41, 5.74) is 4.83. The normalized spacial score (nSPS) is 10.6. The van der Waals surface area contributed by atoms with Gasteiger partial charge in [-0.15, -0.1) is 0 Å². The summed E-state index contributed by atoms with van der Waals surface area (Å²) >= 11 is 3.45. The van der Waals surface area contributed by atoms with Crippen LogP contribution in [0.15, 0.2) is 65.1 Å². The van der Waals surface area contributed by atoms with Crippen LogP contribution in [-0.4, -0.2) is 10.9 Å². The lowest BCUT2D eigenvalue weighted by Crippen LogP contribution is -1.99. The van der Waals surface area contributed by atoms with E-state index in [1.807, 2.05) is 55.5 Å². The average molecular weight is 340 g/mol. The zero-order valence-corrected chi connectivity index (χ0v) is 13.2. The second kappa shape index (κ2) is 5.70. The number of carbonyl (C=O) groups is 1. The summed E-state index contributed by atoms with van der Waals surface area (Å²) < 4.78 is 3.15. The van der Waals surface area contributed by atoms with Gasteiger partial charge in [0.25, 0.3) is 0 Å². The predicted molar refractivity (Wildman–Crippen MR) is 89.0 cm³/mol. The van der Waals surface area contributed by atoms with Crippen LogP contribution in [0.4, 0.5) is 0 Å². The van der Waals surface area contributed by atoms with Crippen LogP contribution in [0.3, 0.4) is 0 Å². The fourth-order valence-corrected chi connectivity index (χ4v) is 2.75. The molecular weight excluding hydrogens is 326 g/mol. The number of aldehydes is 1.